The molecule has 2 heterocycles. The van der Waals surface area contributed by atoms with Crippen LogP contribution in [0.4, 0.5) is 8.78 Å². The zero-order chi connectivity index (χ0) is 16.4. The molecular formula is C17H21F2NO3. The zero-order valence-electron chi connectivity index (χ0n) is 13.2. The molecule has 23 heavy (non-hydrogen) atoms. The fourth-order valence-corrected chi connectivity index (χ4v) is 3.50. The van der Waals surface area contributed by atoms with Gasteiger partial charge in [0.25, 0.3) is 0 Å². The van der Waals surface area contributed by atoms with Crippen LogP contribution in [0.15, 0.2) is 18.2 Å². The summed E-state index contributed by atoms with van der Waals surface area (Å²) in [6, 6.07) is 3.46. The number of morpholine rings is 1. The molecule has 1 amide bonds. The third kappa shape index (κ3) is 3.10. The van der Waals surface area contributed by atoms with Crippen molar-refractivity contribution >= 4 is 5.91 Å². The molecule has 0 aliphatic carbocycles. The van der Waals surface area contributed by atoms with Crippen LogP contribution >= 0.6 is 0 Å². The maximum Gasteiger partial charge on any atom is 0.233 e. The minimum atomic E-state index is -0.979. The van der Waals surface area contributed by atoms with Gasteiger partial charge in [-0.3, -0.25) is 4.79 Å². The molecule has 4 nitrogen and oxygen atoms in total. The highest BCUT2D eigenvalue weighted by Gasteiger charge is 2.46. The average molecular weight is 325 g/mol. The fourth-order valence-electron chi connectivity index (χ4n) is 3.50. The molecule has 1 atom stereocenters. The van der Waals surface area contributed by atoms with Crippen molar-refractivity contribution in [2.24, 2.45) is 0 Å². The first kappa shape index (κ1) is 16.3. The van der Waals surface area contributed by atoms with Crippen molar-refractivity contribution in [1.29, 1.82) is 0 Å². The quantitative estimate of drug-likeness (QED) is 0.837. The van der Waals surface area contributed by atoms with Crippen molar-refractivity contribution in [3.8, 4) is 0 Å². The van der Waals surface area contributed by atoms with Crippen molar-refractivity contribution in [3.05, 3.63) is 35.4 Å². The molecule has 0 saturated carbocycles. The normalized spacial score (nSPS) is 24.5. The third-order valence-electron chi connectivity index (χ3n) is 4.73. The zero-order valence-corrected chi connectivity index (χ0v) is 13.2. The molecule has 1 aromatic rings. The predicted octanol–water partition coefficient (Wildman–Crippen LogP) is 2.26. The van der Waals surface area contributed by atoms with Crippen LogP contribution in [-0.2, 0) is 19.7 Å². The smallest absolute Gasteiger partial charge is 0.233 e. The third-order valence-corrected chi connectivity index (χ3v) is 4.73. The standard InChI is InChI=1S/C17H21F2NO3/c1-12-11-20(6-9-23-12)16(21)17(4-7-22-8-5-17)14-3-2-13(18)10-15(14)19/h2-3,10,12H,4-9,11H2,1H3/t12-/m0/s1. The second-order valence-electron chi connectivity index (χ2n) is 6.25. The highest BCUT2D eigenvalue weighted by atomic mass is 19.1. The Bertz CT molecular complexity index is 587. The van der Waals surface area contributed by atoms with Crippen LogP contribution in [0.25, 0.3) is 0 Å². The van der Waals surface area contributed by atoms with E-state index in [-0.39, 0.29) is 17.6 Å². The summed E-state index contributed by atoms with van der Waals surface area (Å²) < 4.78 is 38.5. The molecule has 0 bridgehead atoms. The van der Waals surface area contributed by atoms with E-state index in [1.165, 1.54) is 12.1 Å². The van der Waals surface area contributed by atoms with E-state index < -0.39 is 17.0 Å². The maximum atomic E-state index is 14.4. The van der Waals surface area contributed by atoms with Gasteiger partial charge in [-0.05, 0) is 25.8 Å². The molecule has 0 unspecified atom stereocenters. The highest BCUT2D eigenvalue weighted by molar-refractivity contribution is 5.88. The molecular weight excluding hydrogens is 304 g/mol. The van der Waals surface area contributed by atoms with Crippen LogP contribution in [0.3, 0.4) is 0 Å². The molecule has 0 spiro atoms. The Morgan fingerprint density at radius 3 is 2.65 bits per heavy atom. The second kappa shape index (κ2) is 6.53. The molecule has 0 aromatic heterocycles. The highest BCUT2D eigenvalue weighted by Crippen LogP contribution is 2.38. The molecule has 0 N–H and O–H groups in total. The Morgan fingerprint density at radius 1 is 1.26 bits per heavy atom. The van der Waals surface area contributed by atoms with Crippen molar-refractivity contribution < 1.29 is 23.0 Å². The van der Waals surface area contributed by atoms with E-state index in [1.807, 2.05) is 6.92 Å². The van der Waals surface area contributed by atoms with Gasteiger partial charge in [0.1, 0.15) is 11.6 Å². The minimum absolute atomic E-state index is 0.0392. The first-order valence-electron chi connectivity index (χ1n) is 7.97. The molecule has 3 rings (SSSR count). The number of nitrogens with zero attached hydrogens (tertiary/aromatic N) is 1. The van der Waals surface area contributed by atoms with Crippen molar-refractivity contribution in [3.63, 3.8) is 0 Å². The van der Waals surface area contributed by atoms with E-state index in [0.29, 0.717) is 45.8 Å². The lowest BCUT2D eigenvalue weighted by Crippen LogP contribution is -2.54. The summed E-state index contributed by atoms with van der Waals surface area (Å²) in [6.45, 7) is 4.16. The topological polar surface area (TPSA) is 38.8 Å². The Labute approximate surface area is 134 Å². The lowest BCUT2D eigenvalue weighted by Gasteiger charge is -2.42. The van der Waals surface area contributed by atoms with Gasteiger partial charge in [-0.1, -0.05) is 6.07 Å². The van der Waals surface area contributed by atoms with Gasteiger partial charge in [-0.2, -0.15) is 0 Å². The summed E-state index contributed by atoms with van der Waals surface area (Å²) in [5.41, 5.74) is -0.709. The Morgan fingerprint density at radius 2 is 2.00 bits per heavy atom. The number of hydrogen-bond acceptors (Lipinski definition) is 3. The first-order valence-corrected chi connectivity index (χ1v) is 7.97. The number of rotatable bonds is 2. The summed E-state index contributed by atoms with van der Waals surface area (Å²) in [7, 11) is 0. The van der Waals surface area contributed by atoms with Crippen molar-refractivity contribution in [1.82, 2.24) is 4.90 Å². The SMILES string of the molecule is C[C@H]1CN(C(=O)C2(c3ccc(F)cc3F)CCOCC2)CCO1. The van der Waals surface area contributed by atoms with Gasteiger partial charge in [0.2, 0.25) is 5.91 Å². The Balaban J connectivity index is 1.97. The van der Waals surface area contributed by atoms with Crippen LogP contribution in [0, 0.1) is 11.6 Å². The van der Waals surface area contributed by atoms with Gasteiger partial charge >= 0.3 is 0 Å². The van der Waals surface area contributed by atoms with Gasteiger partial charge in [-0.25, -0.2) is 8.78 Å². The van der Waals surface area contributed by atoms with Gasteiger partial charge in [0, 0.05) is 37.9 Å². The molecule has 1 aromatic carbocycles. The summed E-state index contributed by atoms with van der Waals surface area (Å²) >= 11 is 0. The van der Waals surface area contributed by atoms with Crippen LogP contribution in [0.2, 0.25) is 0 Å². The molecule has 2 aliphatic rings. The van der Waals surface area contributed by atoms with Gasteiger partial charge < -0.3 is 14.4 Å². The van der Waals surface area contributed by atoms with Crippen molar-refractivity contribution in [2.45, 2.75) is 31.3 Å². The monoisotopic (exact) mass is 325 g/mol. The number of halogens is 2. The second-order valence-corrected chi connectivity index (χ2v) is 6.25. The lowest BCUT2D eigenvalue weighted by atomic mass is 9.72. The summed E-state index contributed by atoms with van der Waals surface area (Å²) in [6.07, 6.45) is 0.767. The van der Waals surface area contributed by atoms with E-state index in [2.05, 4.69) is 0 Å². The number of benzene rings is 1. The maximum absolute atomic E-state index is 14.4. The molecule has 2 fully saturated rings. The van der Waals surface area contributed by atoms with Crippen molar-refractivity contribution in [2.75, 3.05) is 32.9 Å². The number of hydrogen-bond donors (Lipinski definition) is 0. The first-order chi connectivity index (χ1) is 11.0. The molecule has 0 radical (unpaired) electrons. The number of amides is 1. The average Bonchev–Trinajstić information content (AvgIpc) is 2.54. The van der Waals surface area contributed by atoms with Crippen LogP contribution in [0.5, 0.6) is 0 Å². The number of carbonyl (C=O) groups excluding carboxylic acids is 1. The van der Waals surface area contributed by atoms with Crippen LogP contribution < -0.4 is 0 Å². The Hall–Kier alpha value is -1.53. The lowest BCUT2D eigenvalue weighted by molar-refractivity contribution is -0.148. The van der Waals surface area contributed by atoms with E-state index in [4.69, 9.17) is 9.47 Å². The number of ether oxygens (including phenoxy) is 2. The van der Waals surface area contributed by atoms with E-state index in [1.54, 1.807) is 4.90 Å². The van der Waals surface area contributed by atoms with Gasteiger partial charge in [0.15, 0.2) is 0 Å². The van der Waals surface area contributed by atoms with E-state index >= 15 is 0 Å². The summed E-state index contributed by atoms with van der Waals surface area (Å²) in [4.78, 5) is 15.0. The minimum Gasteiger partial charge on any atom is -0.381 e. The number of carbonyl (C=O) groups is 1. The summed E-state index contributed by atoms with van der Waals surface area (Å²) in [5.74, 6) is -1.41. The molecule has 2 saturated heterocycles. The molecule has 6 heteroatoms. The van der Waals surface area contributed by atoms with E-state index in [0.717, 1.165) is 6.07 Å². The van der Waals surface area contributed by atoms with Crippen LogP contribution in [-0.4, -0.2) is 49.8 Å². The fraction of sp³-hybridized carbons (Fsp3) is 0.588. The predicted molar refractivity (Wildman–Crippen MR) is 80.1 cm³/mol. The van der Waals surface area contributed by atoms with Crippen LogP contribution in [0.1, 0.15) is 25.3 Å². The Kier molecular flexibility index (Phi) is 4.64. The molecule has 126 valence electrons. The van der Waals surface area contributed by atoms with Gasteiger partial charge in [-0.15, -0.1) is 0 Å². The van der Waals surface area contributed by atoms with Gasteiger partial charge in [0.05, 0.1) is 18.1 Å². The van der Waals surface area contributed by atoms with E-state index in [9.17, 15) is 13.6 Å². The molecule has 2 aliphatic heterocycles. The largest absolute Gasteiger partial charge is 0.381 e. The summed E-state index contributed by atoms with van der Waals surface area (Å²) in [5, 5.41) is 0.